The van der Waals surface area contributed by atoms with Crippen LogP contribution in [0.5, 0.6) is 0 Å². The maximum atomic E-state index is 12.9. The largest absolute Gasteiger partial charge is 0.448 e. The van der Waals surface area contributed by atoms with Gasteiger partial charge in [-0.15, -0.1) is 0 Å². The molecule has 1 aliphatic rings. The van der Waals surface area contributed by atoms with E-state index < -0.39 is 6.09 Å². The third-order valence-electron chi connectivity index (χ3n) is 7.41. The van der Waals surface area contributed by atoms with Gasteiger partial charge in [0.1, 0.15) is 0 Å². The maximum Gasteiger partial charge on any atom is 0.435 e. The molecule has 0 spiro atoms. The minimum atomic E-state index is -0.497. The number of urea groups is 1. The van der Waals surface area contributed by atoms with Gasteiger partial charge >= 0.3 is 12.1 Å². The molecule has 2 N–H and O–H groups in total. The summed E-state index contributed by atoms with van der Waals surface area (Å²) in [5.74, 6) is 0.354. The summed E-state index contributed by atoms with van der Waals surface area (Å²) in [6, 6.07) is 11.7. The Hall–Kier alpha value is -3.35. The van der Waals surface area contributed by atoms with Gasteiger partial charge in [0.25, 0.3) is 0 Å². The van der Waals surface area contributed by atoms with Gasteiger partial charge in [-0.3, -0.25) is 0 Å². The number of nitrogens with one attached hydrogen (secondary N) is 2. The summed E-state index contributed by atoms with van der Waals surface area (Å²) >= 11 is 0. The quantitative estimate of drug-likeness (QED) is 0.336. The van der Waals surface area contributed by atoms with E-state index in [1.54, 1.807) is 18.3 Å². The molecule has 0 saturated heterocycles. The van der Waals surface area contributed by atoms with Gasteiger partial charge in [-0.25, -0.2) is 9.59 Å². The molecule has 0 radical (unpaired) electrons. The predicted octanol–water partition coefficient (Wildman–Crippen LogP) is 7.34. The fourth-order valence-electron chi connectivity index (χ4n) is 5.00. The molecule has 4 rings (SSSR count). The Morgan fingerprint density at radius 2 is 2.00 bits per heavy atom. The van der Waals surface area contributed by atoms with Crippen molar-refractivity contribution in [1.82, 2.24) is 15.1 Å². The molecule has 1 unspecified atom stereocenters. The number of rotatable bonds is 8. The Morgan fingerprint density at radius 1 is 1.19 bits per heavy atom. The SMILES string of the molecule is CCCCC(CC)COC(=O)n1ncc2c(NC(=O)N[C@@H]3CCc4cc(C(C)(C)C)ccc43)cccc21. The van der Waals surface area contributed by atoms with E-state index in [9.17, 15) is 9.59 Å². The highest BCUT2D eigenvalue weighted by Gasteiger charge is 2.26. The zero-order valence-corrected chi connectivity index (χ0v) is 22.8. The van der Waals surface area contributed by atoms with Crippen LogP contribution in [0.4, 0.5) is 15.3 Å². The summed E-state index contributed by atoms with van der Waals surface area (Å²) < 4.78 is 6.85. The van der Waals surface area contributed by atoms with E-state index in [-0.39, 0.29) is 17.5 Å². The topological polar surface area (TPSA) is 85.2 Å². The summed E-state index contributed by atoms with van der Waals surface area (Å²) in [5.41, 5.74) is 5.10. The lowest BCUT2D eigenvalue weighted by Crippen LogP contribution is -2.31. The van der Waals surface area contributed by atoms with Crippen LogP contribution >= 0.6 is 0 Å². The number of hydrogen-bond acceptors (Lipinski definition) is 4. The summed E-state index contributed by atoms with van der Waals surface area (Å²) in [5, 5.41) is 11.0. The van der Waals surface area contributed by atoms with Crippen LogP contribution in [0.3, 0.4) is 0 Å². The minimum absolute atomic E-state index is 0.0276. The van der Waals surface area contributed by atoms with Crippen molar-refractivity contribution in [3.8, 4) is 0 Å². The first-order valence-corrected chi connectivity index (χ1v) is 13.6. The number of hydrogen-bond donors (Lipinski definition) is 2. The summed E-state index contributed by atoms with van der Waals surface area (Å²) in [6.45, 7) is 11.3. The molecule has 1 heterocycles. The van der Waals surface area contributed by atoms with Crippen LogP contribution in [0.15, 0.2) is 42.6 Å². The molecule has 2 aromatic carbocycles. The van der Waals surface area contributed by atoms with E-state index in [1.807, 2.05) is 6.07 Å². The van der Waals surface area contributed by atoms with Gasteiger partial charge in [-0.1, -0.05) is 78.1 Å². The monoisotopic (exact) mass is 504 g/mol. The lowest BCUT2D eigenvalue weighted by atomic mass is 9.85. The zero-order chi connectivity index (χ0) is 26.6. The highest BCUT2D eigenvalue weighted by molar-refractivity contribution is 6.02. The van der Waals surface area contributed by atoms with Gasteiger partial charge in [-0.05, 0) is 59.4 Å². The molecule has 7 heteroatoms. The van der Waals surface area contributed by atoms with Gasteiger partial charge in [0.15, 0.2) is 0 Å². The van der Waals surface area contributed by atoms with Crippen LogP contribution in [0, 0.1) is 5.92 Å². The molecule has 37 heavy (non-hydrogen) atoms. The van der Waals surface area contributed by atoms with Crippen LogP contribution < -0.4 is 10.6 Å². The second kappa shape index (κ2) is 11.4. The molecule has 2 amide bonds. The number of carbonyl (C=O) groups is 2. The molecule has 3 aromatic rings. The number of carbonyl (C=O) groups excluding carboxylic acids is 2. The van der Waals surface area contributed by atoms with E-state index in [4.69, 9.17) is 4.74 Å². The number of ether oxygens (including phenoxy) is 1. The molecule has 0 bridgehead atoms. The Labute approximate surface area is 220 Å². The predicted molar refractivity (Wildman–Crippen MR) is 148 cm³/mol. The van der Waals surface area contributed by atoms with Crippen molar-refractivity contribution < 1.29 is 14.3 Å². The smallest absolute Gasteiger partial charge is 0.435 e. The highest BCUT2D eigenvalue weighted by atomic mass is 16.6. The third kappa shape index (κ3) is 6.14. The summed E-state index contributed by atoms with van der Waals surface area (Å²) in [4.78, 5) is 25.7. The maximum absolute atomic E-state index is 12.9. The van der Waals surface area contributed by atoms with Crippen molar-refractivity contribution in [2.24, 2.45) is 5.92 Å². The molecule has 1 aliphatic carbocycles. The normalized spacial score (nSPS) is 15.9. The van der Waals surface area contributed by atoms with Crippen molar-refractivity contribution in [2.75, 3.05) is 11.9 Å². The molecule has 0 saturated carbocycles. The van der Waals surface area contributed by atoms with Crippen molar-refractivity contribution in [3.05, 3.63) is 59.3 Å². The third-order valence-corrected chi connectivity index (χ3v) is 7.41. The number of anilines is 1. The van der Waals surface area contributed by atoms with Crippen LogP contribution in [-0.4, -0.2) is 28.5 Å². The number of nitrogens with zero attached hydrogens (tertiary/aromatic N) is 2. The lowest BCUT2D eigenvalue weighted by molar-refractivity contribution is 0.122. The Morgan fingerprint density at radius 3 is 2.73 bits per heavy atom. The first kappa shape index (κ1) is 26.7. The minimum Gasteiger partial charge on any atom is -0.448 e. The van der Waals surface area contributed by atoms with Gasteiger partial charge < -0.3 is 15.4 Å². The Kier molecular flexibility index (Phi) is 8.20. The van der Waals surface area contributed by atoms with E-state index in [0.717, 1.165) is 38.5 Å². The zero-order valence-electron chi connectivity index (χ0n) is 22.8. The standard InChI is InChI=1S/C30H40N4O3/c1-6-8-10-20(7-2)19-37-29(36)34-27-12-9-11-25(24(27)18-31-34)32-28(35)33-26-16-13-21-17-22(30(3,4)5)14-15-23(21)26/h9,11-12,14-15,17-18,20,26H,6-8,10,13,16,19H2,1-5H3,(H2,32,33,35)/t20?,26-/m1/s1. The molecule has 198 valence electrons. The Bertz CT molecular complexity index is 1260. The molecule has 0 fully saturated rings. The molecule has 0 aliphatic heterocycles. The van der Waals surface area contributed by atoms with E-state index in [1.165, 1.54) is 21.4 Å². The van der Waals surface area contributed by atoms with Gasteiger partial charge in [-0.2, -0.15) is 9.78 Å². The molecule has 7 nitrogen and oxygen atoms in total. The molecular weight excluding hydrogens is 464 g/mol. The van der Waals surface area contributed by atoms with Gasteiger partial charge in [0.2, 0.25) is 0 Å². The molecule has 1 aromatic heterocycles. The van der Waals surface area contributed by atoms with E-state index >= 15 is 0 Å². The Balaban J connectivity index is 1.42. The highest BCUT2D eigenvalue weighted by Crippen LogP contribution is 2.35. The van der Waals surface area contributed by atoms with Crippen LogP contribution in [0.2, 0.25) is 0 Å². The van der Waals surface area contributed by atoms with Crippen molar-refractivity contribution in [2.45, 2.75) is 84.6 Å². The average Bonchev–Trinajstić information content (AvgIpc) is 3.48. The second-order valence-corrected chi connectivity index (χ2v) is 11.1. The van der Waals surface area contributed by atoms with Crippen molar-refractivity contribution in [3.63, 3.8) is 0 Å². The van der Waals surface area contributed by atoms with E-state index in [2.05, 4.69) is 68.6 Å². The fourth-order valence-corrected chi connectivity index (χ4v) is 5.00. The first-order valence-electron chi connectivity index (χ1n) is 13.6. The molecule has 2 atom stereocenters. The van der Waals surface area contributed by atoms with E-state index in [0.29, 0.717) is 29.1 Å². The fraction of sp³-hybridized carbons (Fsp3) is 0.500. The molecular formula is C30H40N4O3. The van der Waals surface area contributed by atoms with Crippen LogP contribution in [-0.2, 0) is 16.6 Å². The number of aryl methyl sites for hydroxylation is 1. The number of aromatic nitrogens is 2. The van der Waals surface area contributed by atoms with Gasteiger partial charge in [0.05, 0.1) is 30.0 Å². The summed E-state index contributed by atoms with van der Waals surface area (Å²) in [7, 11) is 0. The van der Waals surface area contributed by atoms with Crippen LogP contribution in [0.25, 0.3) is 10.9 Å². The first-order chi connectivity index (χ1) is 17.7. The summed E-state index contributed by atoms with van der Waals surface area (Å²) in [6.07, 6.45) is 7.20. The van der Waals surface area contributed by atoms with Crippen LogP contribution in [0.1, 0.15) is 89.5 Å². The number of amides is 2. The van der Waals surface area contributed by atoms with Crippen molar-refractivity contribution in [1.29, 1.82) is 0 Å². The van der Waals surface area contributed by atoms with Gasteiger partial charge in [0, 0.05) is 5.39 Å². The number of unbranched alkanes of at least 4 members (excludes halogenated alkanes) is 1. The number of benzene rings is 2. The second-order valence-electron chi connectivity index (χ2n) is 11.1. The average molecular weight is 505 g/mol. The lowest BCUT2D eigenvalue weighted by Gasteiger charge is -2.21. The van der Waals surface area contributed by atoms with Crippen molar-refractivity contribution >= 4 is 28.7 Å². The number of fused-ring (bicyclic) bond motifs is 2.